The van der Waals surface area contributed by atoms with Crippen molar-refractivity contribution in [2.75, 3.05) is 13.1 Å². The van der Waals surface area contributed by atoms with Crippen LogP contribution < -0.4 is 10.6 Å². The first-order valence-corrected chi connectivity index (χ1v) is 7.29. The van der Waals surface area contributed by atoms with Gasteiger partial charge in [0.15, 0.2) is 0 Å². The van der Waals surface area contributed by atoms with Gasteiger partial charge < -0.3 is 15.1 Å². The standard InChI is InChI=1S/C17H22N2O2/c1-13(2)17(20)19-11-10-18-12-15-8-9-16(21-15)14-6-4-3-5-7-14/h3-9,13,18H,10-12H2,1-2H3,(H,19,20). The third-order valence-corrected chi connectivity index (χ3v) is 3.14. The van der Waals surface area contributed by atoms with Crippen LogP contribution in [0.15, 0.2) is 46.9 Å². The Bertz CT molecular complexity index is 561. The molecule has 1 amide bonds. The van der Waals surface area contributed by atoms with E-state index < -0.39 is 0 Å². The van der Waals surface area contributed by atoms with Gasteiger partial charge >= 0.3 is 0 Å². The molecule has 0 fully saturated rings. The predicted molar refractivity (Wildman–Crippen MR) is 83.7 cm³/mol. The Morgan fingerprint density at radius 2 is 1.86 bits per heavy atom. The summed E-state index contributed by atoms with van der Waals surface area (Å²) in [7, 11) is 0. The molecule has 2 N–H and O–H groups in total. The van der Waals surface area contributed by atoms with Gasteiger partial charge in [0.2, 0.25) is 5.91 Å². The molecule has 0 radical (unpaired) electrons. The third kappa shape index (κ3) is 4.76. The second-order valence-electron chi connectivity index (χ2n) is 5.25. The Morgan fingerprint density at radius 1 is 1.10 bits per heavy atom. The van der Waals surface area contributed by atoms with E-state index in [2.05, 4.69) is 10.6 Å². The maximum atomic E-state index is 11.4. The van der Waals surface area contributed by atoms with Crippen LogP contribution in [0.2, 0.25) is 0 Å². The second kappa shape index (κ2) is 7.64. The fraction of sp³-hybridized carbons (Fsp3) is 0.353. The molecule has 0 aliphatic heterocycles. The molecule has 1 aromatic carbocycles. The maximum Gasteiger partial charge on any atom is 0.222 e. The van der Waals surface area contributed by atoms with Crippen LogP contribution in [0.5, 0.6) is 0 Å². The van der Waals surface area contributed by atoms with Crippen molar-refractivity contribution in [1.82, 2.24) is 10.6 Å². The molecule has 1 heterocycles. The van der Waals surface area contributed by atoms with Crippen molar-refractivity contribution >= 4 is 5.91 Å². The van der Waals surface area contributed by atoms with Crippen molar-refractivity contribution in [3.63, 3.8) is 0 Å². The molecule has 0 aliphatic carbocycles. The lowest BCUT2D eigenvalue weighted by molar-refractivity contribution is -0.123. The van der Waals surface area contributed by atoms with E-state index in [-0.39, 0.29) is 11.8 Å². The number of nitrogens with one attached hydrogen (secondary N) is 2. The molecule has 0 aliphatic rings. The van der Waals surface area contributed by atoms with Crippen molar-refractivity contribution in [2.45, 2.75) is 20.4 Å². The van der Waals surface area contributed by atoms with Gasteiger partial charge in [-0.25, -0.2) is 0 Å². The summed E-state index contributed by atoms with van der Waals surface area (Å²) in [5, 5.41) is 6.12. The van der Waals surface area contributed by atoms with Crippen LogP contribution in [0.1, 0.15) is 19.6 Å². The molecule has 21 heavy (non-hydrogen) atoms. The van der Waals surface area contributed by atoms with Crippen LogP contribution in [0.25, 0.3) is 11.3 Å². The molecule has 0 saturated carbocycles. The zero-order chi connectivity index (χ0) is 15.1. The topological polar surface area (TPSA) is 54.3 Å². The van der Waals surface area contributed by atoms with Crippen LogP contribution in [-0.4, -0.2) is 19.0 Å². The number of rotatable bonds is 7. The summed E-state index contributed by atoms with van der Waals surface area (Å²) in [5.74, 6) is 1.88. The lowest BCUT2D eigenvalue weighted by Crippen LogP contribution is -2.34. The van der Waals surface area contributed by atoms with Crippen molar-refractivity contribution in [2.24, 2.45) is 5.92 Å². The van der Waals surface area contributed by atoms with Crippen molar-refractivity contribution < 1.29 is 9.21 Å². The number of carbonyl (C=O) groups excluding carboxylic acids is 1. The van der Waals surface area contributed by atoms with E-state index in [0.29, 0.717) is 13.1 Å². The van der Waals surface area contributed by atoms with Gasteiger partial charge in [0.05, 0.1) is 6.54 Å². The minimum absolute atomic E-state index is 0.0310. The number of hydrogen-bond donors (Lipinski definition) is 2. The molecule has 2 aromatic rings. The van der Waals surface area contributed by atoms with Gasteiger partial charge in [0.1, 0.15) is 11.5 Å². The van der Waals surface area contributed by atoms with E-state index in [4.69, 9.17) is 4.42 Å². The highest BCUT2D eigenvalue weighted by atomic mass is 16.3. The predicted octanol–water partition coefficient (Wildman–Crippen LogP) is 2.81. The van der Waals surface area contributed by atoms with Crippen LogP contribution in [0, 0.1) is 5.92 Å². The Kier molecular flexibility index (Phi) is 5.58. The maximum absolute atomic E-state index is 11.4. The summed E-state index contributed by atoms with van der Waals surface area (Å²) in [6, 6.07) is 14.0. The van der Waals surface area contributed by atoms with E-state index >= 15 is 0 Å². The van der Waals surface area contributed by atoms with E-state index in [1.807, 2.05) is 56.3 Å². The molecule has 0 unspecified atom stereocenters. The summed E-state index contributed by atoms with van der Waals surface area (Å²) in [6.07, 6.45) is 0. The summed E-state index contributed by atoms with van der Waals surface area (Å²) < 4.78 is 5.79. The van der Waals surface area contributed by atoms with Crippen LogP contribution in [0.3, 0.4) is 0 Å². The van der Waals surface area contributed by atoms with Gasteiger partial charge in [-0.15, -0.1) is 0 Å². The summed E-state index contributed by atoms with van der Waals surface area (Å²) in [5.41, 5.74) is 1.08. The molecule has 0 saturated heterocycles. The smallest absolute Gasteiger partial charge is 0.222 e. The average molecular weight is 286 g/mol. The second-order valence-corrected chi connectivity index (χ2v) is 5.25. The van der Waals surface area contributed by atoms with Gasteiger partial charge in [0.25, 0.3) is 0 Å². The van der Waals surface area contributed by atoms with Gasteiger partial charge in [-0.3, -0.25) is 4.79 Å². The molecule has 1 aromatic heterocycles. The monoisotopic (exact) mass is 286 g/mol. The highest BCUT2D eigenvalue weighted by Gasteiger charge is 2.06. The average Bonchev–Trinajstić information content (AvgIpc) is 2.96. The molecule has 0 atom stereocenters. The zero-order valence-electron chi connectivity index (χ0n) is 12.6. The SMILES string of the molecule is CC(C)C(=O)NCCNCc1ccc(-c2ccccc2)o1. The van der Waals surface area contributed by atoms with Crippen LogP contribution >= 0.6 is 0 Å². The van der Waals surface area contributed by atoms with E-state index in [9.17, 15) is 4.79 Å². The Hall–Kier alpha value is -2.07. The molecule has 4 nitrogen and oxygen atoms in total. The molecule has 2 rings (SSSR count). The zero-order valence-corrected chi connectivity index (χ0v) is 12.6. The largest absolute Gasteiger partial charge is 0.460 e. The van der Waals surface area contributed by atoms with Gasteiger partial charge in [0, 0.05) is 24.6 Å². The first kappa shape index (κ1) is 15.3. The Balaban J connectivity index is 1.73. The number of furan rings is 1. The lowest BCUT2D eigenvalue weighted by atomic mass is 10.2. The molecule has 4 heteroatoms. The van der Waals surface area contributed by atoms with Gasteiger partial charge in [-0.05, 0) is 12.1 Å². The summed E-state index contributed by atoms with van der Waals surface area (Å²) in [6.45, 7) is 5.78. The lowest BCUT2D eigenvalue weighted by Gasteiger charge is -2.07. The van der Waals surface area contributed by atoms with Gasteiger partial charge in [-0.1, -0.05) is 44.2 Å². The highest BCUT2D eigenvalue weighted by molar-refractivity contribution is 5.77. The third-order valence-electron chi connectivity index (χ3n) is 3.14. The van der Waals surface area contributed by atoms with Gasteiger partial charge in [-0.2, -0.15) is 0 Å². The number of hydrogen-bond acceptors (Lipinski definition) is 3. The Morgan fingerprint density at radius 3 is 2.57 bits per heavy atom. The van der Waals surface area contributed by atoms with E-state index in [0.717, 1.165) is 23.6 Å². The van der Waals surface area contributed by atoms with Crippen molar-refractivity contribution in [3.8, 4) is 11.3 Å². The number of carbonyl (C=O) groups is 1. The minimum atomic E-state index is 0.0310. The Labute approximate surface area is 125 Å². The molecule has 112 valence electrons. The quantitative estimate of drug-likeness (QED) is 0.770. The van der Waals surface area contributed by atoms with E-state index in [1.165, 1.54) is 0 Å². The highest BCUT2D eigenvalue weighted by Crippen LogP contribution is 2.21. The van der Waals surface area contributed by atoms with Crippen molar-refractivity contribution in [3.05, 3.63) is 48.2 Å². The summed E-state index contributed by atoms with van der Waals surface area (Å²) >= 11 is 0. The number of benzene rings is 1. The number of amides is 1. The molecule has 0 bridgehead atoms. The minimum Gasteiger partial charge on any atom is -0.460 e. The fourth-order valence-electron chi connectivity index (χ4n) is 1.92. The fourth-order valence-corrected chi connectivity index (χ4v) is 1.92. The van der Waals surface area contributed by atoms with Crippen LogP contribution in [-0.2, 0) is 11.3 Å². The van der Waals surface area contributed by atoms with Crippen LogP contribution in [0.4, 0.5) is 0 Å². The normalized spacial score (nSPS) is 10.8. The molecular weight excluding hydrogens is 264 g/mol. The first-order valence-electron chi connectivity index (χ1n) is 7.29. The first-order chi connectivity index (χ1) is 10.2. The summed E-state index contributed by atoms with van der Waals surface area (Å²) in [4.78, 5) is 11.4. The molecular formula is C17H22N2O2. The van der Waals surface area contributed by atoms with E-state index in [1.54, 1.807) is 0 Å². The molecule has 0 spiro atoms. The van der Waals surface area contributed by atoms with Crippen molar-refractivity contribution in [1.29, 1.82) is 0 Å².